The van der Waals surface area contributed by atoms with Gasteiger partial charge in [0, 0.05) is 15.8 Å². The van der Waals surface area contributed by atoms with Crippen molar-refractivity contribution >= 4 is 28.3 Å². The van der Waals surface area contributed by atoms with Crippen LogP contribution in [-0.4, -0.2) is 11.7 Å². The maximum atomic E-state index is 10.3. The fraction of sp³-hybridized carbons (Fsp3) is 0.333. The van der Waals surface area contributed by atoms with E-state index in [1.54, 1.807) is 0 Å². The van der Waals surface area contributed by atoms with Crippen molar-refractivity contribution in [3.63, 3.8) is 0 Å². The highest BCUT2D eigenvalue weighted by Crippen LogP contribution is 2.20. The van der Waals surface area contributed by atoms with Gasteiger partial charge in [-0.3, -0.25) is 0 Å². The molecule has 0 aromatic heterocycles. The monoisotopic (exact) mass is 395 g/mol. The van der Waals surface area contributed by atoms with Gasteiger partial charge in [0.1, 0.15) is 0 Å². The number of benzene rings is 2. The first-order chi connectivity index (χ1) is 10.1. The number of aliphatic hydroxyl groups is 1. The molecule has 0 bridgehead atoms. The van der Waals surface area contributed by atoms with Gasteiger partial charge < -0.3 is 10.4 Å². The van der Waals surface area contributed by atoms with Crippen molar-refractivity contribution in [2.75, 3.05) is 11.9 Å². The minimum absolute atomic E-state index is 0.492. The van der Waals surface area contributed by atoms with Crippen molar-refractivity contribution in [1.82, 2.24) is 0 Å². The van der Waals surface area contributed by atoms with Crippen molar-refractivity contribution in [3.8, 4) is 0 Å². The molecule has 0 radical (unpaired) electrons. The van der Waals surface area contributed by atoms with Gasteiger partial charge in [-0.25, -0.2) is 0 Å². The van der Waals surface area contributed by atoms with Crippen LogP contribution in [0.15, 0.2) is 48.5 Å². The van der Waals surface area contributed by atoms with Crippen LogP contribution < -0.4 is 5.32 Å². The Morgan fingerprint density at radius 1 is 1.05 bits per heavy atom. The molecule has 2 N–H and O–H groups in total. The van der Waals surface area contributed by atoms with Gasteiger partial charge in [-0.05, 0) is 58.2 Å². The number of hydrogen-bond acceptors (Lipinski definition) is 2. The summed E-state index contributed by atoms with van der Waals surface area (Å²) in [7, 11) is 0. The van der Waals surface area contributed by atoms with E-state index in [-0.39, 0.29) is 0 Å². The van der Waals surface area contributed by atoms with Crippen molar-refractivity contribution in [2.45, 2.75) is 26.4 Å². The van der Waals surface area contributed by atoms with Crippen molar-refractivity contribution < 1.29 is 5.11 Å². The third-order valence-electron chi connectivity index (χ3n) is 3.37. The molecule has 0 fully saturated rings. The van der Waals surface area contributed by atoms with Gasteiger partial charge in [-0.2, -0.15) is 0 Å². The Balaban J connectivity index is 1.94. The second kappa shape index (κ2) is 7.80. The Labute approximate surface area is 140 Å². The summed E-state index contributed by atoms with van der Waals surface area (Å²) in [6, 6.07) is 16.4. The van der Waals surface area contributed by atoms with Gasteiger partial charge in [0.15, 0.2) is 0 Å². The molecule has 2 rings (SSSR count). The van der Waals surface area contributed by atoms with E-state index >= 15 is 0 Å². The highest BCUT2D eigenvalue weighted by molar-refractivity contribution is 14.1. The van der Waals surface area contributed by atoms with Gasteiger partial charge in [0.2, 0.25) is 0 Å². The van der Waals surface area contributed by atoms with E-state index in [0.29, 0.717) is 12.5 Å². The molecule has 1 unspecified atom stereocenters. The van der Waals surface area contributed by atoms with E-state index in [9.17, 15) is 5.11 Å². The fourth-order valence-electron chi connectivity index (χ4n) is 2.28. The summed E-state index contributed by atoms with van der Waals surface area (Å²) in [5.41, 5.74) is 3.35. The van der Waals surface area contributed by atoms with Crippen LogP contribution in [0.3, 0.4) is 0 Å². The lowest BCUT2D eigenvalue weighted by Gasteiger charge is -2.15. The van der Waals surface area contributed by atoms with Crippen LogP contribution in [-0.2, 0) is 6.42 Å². The molecule has 2 aromatic carbocycles. The summed E-state index contributed by atoms with van der Waals surface area (Å²) in [6.07, 6.45) is 0.589. The lowest BCUT2D eigenvalue weighted by Crippen LogP contribution is -2.12. The van der Waals surface area contributed by atoms with Crippen LogP contribution in [0.4, 0.5) is 5.69 Å². The Kier molecular flexibility index (Phi) is 6.06. The zero-order chi connectivity index (χ0) is 15.2. The van der Waals surface area contributed by atoms with Crippen molar-refractivity contribution in [1.29, 1.82) is 0 Å². The summed E-state index contributed by atoms with van der Waals surface area (Å²) in [4.78, 5) is 0. The molecule has 112 valence electrons. The van der Waals surface area contributed by atoms with E-state index in [4.69, 9.17) is 0 Å². The molecule has 3 heteroatoms. The first kappa shape index (κ1) is 16.3. The Morgan fingerprint density at radius 3 is 2.33 bits per heavy atom. The van der Waals surface area contributed by atoms with Crippen LogP contribution in [0.2, 0.25) is 0 Å². The highest BCUT2D eigenvalue weighted by Gasteiger charge is 2.08. The topological polar surface area (TPSA) is 32.3 Å². The third kappa shape index (κ3) is 5.00. The molecular weight excluding hydrogens is 373 g/mol. The summed E-state index contributed by atoms with van der Waals surface area (Å²) in [6.45, 7) is 4.95. The molecule has 0 saturated heterocycles. The van der Waals surface area contributed by atoms with Crippen LogP contribution in [0.5, 0.6) is 0 Å². The van der Waals surface area contributed by atoms with Gasteiger partial charge in [-0.1, -0.05) is 50.2 Å². The Hall–Kier alpha value is -1.07. The lowest BCUT2D eigenvalue weighted by molar-refractivity contribution is 0.191. The maximum absolute atomic E-state index is 10.3. The SMILES string of the molecule is CC(C)Cc1ccc(C(O)CNc2ccccc2I)cc1. The average molecular weight is 395 g/mol. The number of halogens is 1. The first-order valence-corrected chi connectivity index (χ1v) is 8.39. The Morgan fingerprint density at radius 2 is 1.71 bits per heavy atom. The minimum Gasteiger partial charge on any atom is -0.387 e. The third-order valence-corrected chi connectivity index (χ3v) is 4.31. The first-order valence-electron chi connectivity index (χ1n) is 7.31. The quantitative estimate of drug-likeness (QED) is 0.699. The predicted octanol–water partition coefficient (Wildman–Crippen LogP) is 4.64. The zero-order valence-corrected chi connectivity index (χ0v) is 14.7. The van der Waals surface area contributed by atoms with Crippen molar-refractivity contribution in [2.24, 2.45) is 5.92 Å². The second-order valence-corrected chi connectivity index (χ2v) is 6.88. The molecule has 0 aliphatic rings. The minimum atomic E-state index is -0.492. The molecule has 21 heavy (non-hydrogen) atoms. The van der Waals surface area contributed by atoms with Crippen LogP contribution in [0.25, 0.3) is 0 Å². The lowest BCUT2D eigenvalue weighted by atomic mass is 10.0. The molecule has 2 aromatic rings. The predicted molar refractivity (Wildman–Crippen MR) is 97.6 cm³/mol. The summed E-state index contributed by atoms with van der Waals surface area (Å²) in [5.74, 6) is 0.655. The molecule has 0 saturated carbocycles. The van der Waals surface area contributed by atoms with Gasteiger partial charge in [-0.15, -0.1) is 0 Å². The highest BCUT2D eigenvalue weighted by atomic mass is 127. The normalized spacial score (nSPS) is 12.4. The number of nitrogens with one attached hydrogen (secondary N) is 1. The van der Waals surface area contributed by atoms with Crippen molar-refractivity contribution in [3.05, 3.63) is 63.2 Å². The number of aliphatic hydroxyl groups excluding tert-OH is 1. The van der Waals surface area contributed by atoms with E-state index in [1.807, 2.05) is 30.3 Å². The maximum Gasteiger partial charge on any atom is 0.0962 e. The molecule has 0 aliphatic carbocycles. The zero-order valence-electron chi connectivity index (χ0n) is 12.5. The van der Waals surface area contributed by atoms with Crippen LogP contribution >= 0.6 is 22.6 Å². The molecule has 0 heterocycles. The van der Waals surface area contributed by atoms with E-state index in [2.05, 4.69) is 60.0 Å². The second-order valence-electron chi connectivity index (χ2n) is 5.72. The molecule has 0 aliphatic heterocycles. The number of para-hydroxylation sites is 1. The van der Waals surface area contributed by atoms with E-state index in [0.717, 1.165) is 21.2 Å². The van der Waals surface area contributed by atoms with E-state index < -0.39 is 6.10 Å². The van der Waals surface area contributed by atoms with Gasteiger partial charge in [0.25, 0.3) is 0 Å². The average Bonchev–Trinajstić information content (AvgIpc) is 2.46. The van der Waals surface area contributed by atoms with Crippen LogP contribution in [0.1, 0.15) is 31.1 Å². The summed E-state index contributed by atoms with van der Waals surface area (Å²) >= 11 is 2.29. The summed E-state index contributed by atoms with van der Waals surface area (Å²) in [5, 5.41) is 13.6. The fourth-order valence-corrected chi connectivity index (χ4v) is 2.85. The molecule has 2 nitrogen and oxygen atoms in total. The summed E-state index contributed by atoms with van der Waals surface area (Å²) < 4.78 is 1.16. The van der Waals surface area contributed by atoms with E-state index in [1.165, 1.54) is 5.56 Å². The largest absolute Gasteiger partial charge is 0.387 e. The number of rotatable bonds is 6. The smallest absolute Gasteiger partial charge is 0.0962 e. The number of anilines is 1. The molecular formula is C18H22INO. The molecule has 0 spiro atoms. The van der Waals surface area contributed by atoms with Gasteiger partial charge in [0.05, 0.1) is 6.10 Å². The van der Waals surface area contributed by atoms with Gasteiger partial charge >= 0.3 is 0 Å². The number of hydrogen-bond donors (Lipinski definition) is 2. The Bertz CT molecular complexity index is 566. The van der Waals surface area contributed by atoms with Crippen LogP contribution in [0, 0.1) is 9.49 Å². The molecule has 1 atom stereocenters. The standard InChI is InChI=1S/C18H22INO/c1-13(2)11-14-7-9-15(10-8-14)18(21)12-20-17-6-4-3-5-16(17)19/h3-10,13,18,20-21H,11-12H2,1-2H3. The molecule has 0 amide bonds.